The van der Waals surface area contributed by atoms with E-state index in [0.29, 0.717) is 25.3 Å². The zero-order valence-electron chi connectivity index (χ0n) is 14.8. The van der Waals surface area contributed by atoms with Gasteiger partial charge in [-0.05, 0) is 44.9 Å². The summed E-state index contributed by atoms with van der Waals surface area (Å²) in [6, 6.07) is -0.347. The number of rotatable bonds is 4. The monoisotopic (exact) mass is 335 g/mol. The van der Waals surface area contributed by atoms with Crippen molar-refractivity contribution >= 4 is 17.8 Å². The lowest BCUT2D eigenvalue weighted by Gasteiger charge is -2.41. The standard InChI is InChI=1S/C18H29N3O3/c1-18(2)16(23)21(17(24)19-18)10-5-8-15(22)20-11-9-13-6-3-4-7-14(13)12-20/h13-14H,3-12H2,1-2H3,(H,19,24)/t13-,14+/m0/s1. The van der Waals surface area contributed by atoms with E-state index >= 15 is 0 Å². The van der Waals surface area contributed by atoms with Crippen LogP contribution in [-0.4, -0.2) is 52.8 Å². The van der Waals surface area contributed by atoms with Gasteiger partial charge in [0, 0.05) is 26.1 Å². The average Bonchev–Trinajstić information content (AvgIpc) is 2.75. The van der Waals surface area contributed by atoms with Gasteiger partial charge >= 0.3 is 6.03 Å². The van der Waals surface area contributed by atoms with E-state index in [0.717, 1.165) is 25.4 Å². The highest BCUT2D eigenvalue weighted by atomic mass is 16.2. The molecule has 2 atom stereocenters. The van der Waals surface area contributed by atoms with E-state index in [4.69, 9.17) is 0 Å². The summed E-state index contributed by atoms with van der Waals surface area (Å²) in [6.07, 6.45) is 7.31. The molecule has 0 aromatic carbocycles. The Morgan fingerprint density at radius 1 is 1.17 bits per heavy atom. The number of likely N-dealkylation sites (tertiary alicyclic amines) is 1. The first-order valence-corrected chi connectivity index (χ1v) is 9.30. The molecule has 2 heterocycles. The predicted octanol–water partition coefficient (Wildman–Crippen LogP) is 2.14. The Balaban J connectivity index is 1.44. The van der Waals surface area contributed by atoms with Gasteiger partial charge in [-0.2, -0.15) is 0 Å². The maximum absolute atomic E-state index is 12.5. The van der Waals surface area contributed by atoms with Crippen LogP contribution in [0.2, 0.25) is 0 Å². The number of piperidine rings is 1. The molecule has 0 bridgehead atoms. The summed E-state index contributed by atoms with van der Waals surface area (Å²) in [4.78, 5) is 39.7. The van der Waals surface area contributed by atoms with E-state index in [9.17, 15) is 14.4 Å². The van der Waals surface area contributed by atoms with Gasteiger partial charge < -0.3 is 10.2 Å². The van der Waals surface area contributed by atoms with Crippen molar-refractivity contribution in [2.75, 3.05) is 19.6 Å². The third kappa shape index (κ3) is 3.42. The molecule has 6 nitrogen and oxygen atoms in total. The van der Waals surface area contributed by atoms with Gasteiger partial charge in [0.05, 0.1) is 0 Å². The van der Waals surface area contributed by atoms with Crippen LogP contribution in [0.15, 0.2) is 0 Å². The van der Waals surface area contributed by atoms with Crippen molar-refractivity contribution in [1.29, 1.82) is 0 Å². The smallest absolute Gasteiger partial charge is 0.325 e. The lowest BCUT2D eigenvalue weighted by atomic mass is 9.75. The lowest BCUT2D eigenvalue weighted by Crippen LogP contribution is -2.45. The minimum absolute atomic E-state index is 0.172. The number of hydrogen-bond acceptors (Lipinski definition) is 3. The summed E-state index contributed by atoms with van der Waals surface area (Å²) in [5.41, 5.74) is -0.829. The van der Waals surface area contributed by atoms with Crippen LogP contribution in [0.1, 0.15) is 58.8 Å². The number of carbonyl (C=O) groups is 3. The van der Waals surface area contributed by atoms with E-state index in [1.165, 1.54) is 30.6 Å². The van der Waals surface area contributed by atoms with Crippen LogP contribution in [0.25, 0.3) is 0 Å². The number of amides is 4. The quantitative estimate of drug-likeness (QED) is 0.800. The molecule has 1 N–H and O–H groups in total. The second kappa shape index (κ2) is 6.73. The molecule has 0 radical (unpaired) electrons. The van der Waals surface area contributed by atoms with Gasteiger partial charge in [0.1, 0.15) is 5.54 Å². The van der Waals surface area contributed by atoms with Crippen LogP contribution in [0.4, 0.5) is 4.79 Å². The molecule has 134 valence electrons. The fraction of sp³-hybridized carbons (Fsp3) is 0.833. The Kier molecular flexibility index (Phi) is 4.83. The molecule has 3 aliphatic rings. The Labute approximate surface area is 143 Å². The van der Waals surface area contributed by atoms with Gasteiger partial charge in [-0.25, -0.2) is 4.79 Å². The minimum atomic E-state index is -0.829. The van der Waals surface area contributed by atoms with Crippen molar-refractivity contribution < 1.29 is 14.4 Å². The zero-order valence-corrected chi connectivity index (χ0v) is 14.8. The summed E-state index contributed by atoms with van der Waals surface area (Å²) in [7, 11) is 0. The predicted molar refractivity (Wildman–Crippen MR) is 90.2 cm³/mol. The number of hydrogen-bond donors (Lipinski definition) is 1. The SMILES string of the molecule is CC1(C)NC(=O)N(CCCC(=O)N2CC[C@@H]3CCCC[C@@H]3C2)C1=O. The van der Waals surface area contributed by atoms with E-state index in [1.54, 1.807) is 13.8 Å². The molecular formula is C18H29N3O3. The van der Waals surface area contributed by atoms with E-state index in [1.807, 2.05) is 4.90 Å². The van der Waals surface area contributed by atoms with Crippen LogP contribution >= 0.6 is 0 Å². The summed E-state index contributed by atoms with van der Waals surface area (Å²) < 4.78 is 0. The normalized spacial score (nSPS) is 29.4. The molecule has 0 aromatic rings. The van der Waals surface area contributed by atoms with Crippen LogP contribution in [0, 0.1) is 11.8 Å². The number of imide groups is 1. The number of carbonyl (C=O) groups excluding carboxylic acids is 3. The molecule has 3 fully saturated rings. The second-order valence-electron chi connectivity index (χ2n) is 8.05. The number of nitrogens with one attached hydrogen (secondary N) is 1. The molecule has 0 unspecified atom stereocenters. The third-order valence-corrected chi connectivity index (χ3v) is 5.86. The van der Waals surface area contributed by atoms with Gasteiger partial charge in [-0.1, -0.05) is 19.3 Å². The van der Waals surface area contributed by atoms with Crippen LogP contribution < -0.4 is 5.32 Å². The highest BCUT2D eigenvalue weighted by Crippen LogP contribution is 2.36. The van der Waals surface area contributed by atoms with E-state index < -0.39 is 5.54 Å². The van der Waals surface area contributed by atoms with E-state index in [-0.39, 0.29) is 17.8 Å². The Morgan fingerprint density at radius 2 is 1.88 bits per heavy atom. The molecule has 2 saturated heterocycles. The van der Waals surface area contributed by atoms with Crippen molar-refractivity contribution in [2.45, 2.75) is 64.3 Å². The van der Waals surface area contributed by atoms with Crippen LogP contribution in [0.5, 0.6) is 0 Å². The number of nitrogens with zero attached hydrogens (tertiary/aromatic N) is 2. The van der Waals surface area contributed by atoms with Gasteiger partial charge in [0.15, 0.2) is 0 Å². The molecule has 0 spiro atoms. The molecule has 2 aliphatic heterocycles. The van der Waals surface area contributed by atoms with Crippen molar-refractivity contribution in [1.82, 2.24) is 15.1 Å². The topological polar surface area (TPSA) is 69.7 Å². The van der Waals surface area contributed by atoms with Gasteiger partial charge in [0.2, 0.25) is 5.91 Å². The first-order valence-electron chi connectivity index (χ1n) is 9.30. The summed E-state index contributed by atoms with van der Waals surface area (Å²) in [5, 5.41) is 2.67. The largest absolute Gasteiger partial charge is 0.342 e. The molecular weight excluding hydrogens is 306 g/mol. The van der Waals surface area contributed by atoms with Gasteiger partial charge in [-0.15, -0.1) is 0 Å². The zero-order chi connectivity index (χ0) is 17.3. The average molecular weight is 335 g/mol. The summed E-state index contributed by atoms with van der Waals surface area (Å²) in [5.74, 6) is 1.47. The van der Waals surface area contributed by atoms with E-state index in [2.05, 4.69) is 5.32 Å². The maximum Gasteiger partial charge on any atom is 0.325 e. The fourth-order valence-corrected chi connectivity index (χ4v) is 4.39. The molecule has 4 amide bonds. The molecule has 3 rings (SSSR count). The van der Waals surface area contributed by atoms with Crippen molar-refractivity contribution in [3.63, 3.8) is 0 Å². The summed E-state index contributed by atoms with van der Waals surface area (Å²) >= 11 is 0. The van der Waals surface area contributed by atoms with Gasteiger partial charge in [0.25, 0.3) is 5.91 Å². The van der Waals surface area contributed by atoms with Crippen LogP contribution in [-0.2, 0) is 9.59 Å². The Hall–Kier alpha value is -1.59. The Bertz CT molecular complexity index is 532. The Morgan fingerprint density at radius 3 is 2.54 bits per heavy atom. The molecule has 0 aromatic heterocycles. The minimum Gasteiger partial charge on any atom is -0.342 e. The highest BCUT2D eigenvalue weighted by Gasteiger charge is 2.43. The van der Waals surface area contributed by atoms with Crippen molar-refractivity contribution in [3.05, 3.63) is 0 Å². The third-order valence-electron chi connectivity index (χ3n) is 5.86. The summed E-state index contributed by atoms with van der Waals surface area (Å²) in [6.45, 7) is 5.50. The fourth-order valence-electron chi connectivity index (χ4n) is 4.39. The molecule has 6 heteroatoms. The molecule has 1 aliphatic carbocycles. The number of fused-ring (bicyclic) bond motifs is 1. The van der Waals surface area contributed by atoms with Crippen molar-refractivity contribution in [3.8, 4) is 0 Å². The van der Waals surface area contributed by atoms with Crippen LogP contribution in [0.3, 0.4) is 0 Å². The molecule has 1 saturated carbocycles. The van der Waals surface area contributed by atoms with Gasteiger partial charge in [-0.3, -0.25) is 14.5 Å². The second-order valence-corrected chi connectivity index (χ2v) is 8.05. The number of urea groups is 1. The maximum atomic E-state index is 12.5. The van der Waals surface area contributed by atoms with Crippen molar-refractivity contribution in [2.24, 2.45) is 11.8 Å². The first-order chi connectivity index (χ1) is 11.4. The highest BCUT2D eigenvalue weighted by molar-refractivity contribution is 6.06. The lowest BCUT2D eigenvalue weighted by molar-refractivity contribution is -0.135. The molecule has 24 heavy (non-hydrogen) atoms. The first kappa shape index (κ1) is 17.2.